The lowest BCUT2D eigenvalue weighted by Crippen LogP contribution is -2.12. The molecule has 0 bridgehead atoms. The van der Waals surface area contributed by atoms with Gasteiger partial charge in [0.1, 0.15) is 11.0 Å². The van der Waals surface area contributed by atoms with E-state index in [4.69, 9.17) is 4.74 Å². The Morgan fingerprint density at radius 2 is 2.47 bits per heavy atom. The molecule has 2 nitrogen and oxygen atoms in total. The van der Waals surface area contributed by atoms with Crippen LogP contribution < -0.4 is 0 Å². The fourth-order valence-corrected chi connectivity index (χ4v) is 3.19. The highest BCUT2D eigenvalue weighted by Crippen LogP contribution is 2.54. The molecular weight excluding hydrogens is 206 g/mol. The second kappa shape index (κ2) is 3.65. The number of hydrogen-bond donors (Lipinski definition) is 0. The highest BCUT2D eigenvalue weighted by atomic mass is 32.2. The molecule has 1 aromatic rings. The summed E-state index contributed by atoms with van der Waals surface area (Å²) in [5, 5.41) is 0. The van der Waals surface area contributed by atoms with E-state index in [2.05, 4.69) is 23.2 Å². The summed E-state index contributed by atoms with van der Waals surface area (Å²) in [6.45, 7) is 0. The van der Waals surface area contributed by atoms with E-state index in [0.29, 0.717) is 6.10 Å². The minimum atomic E-state index is 0.0896. The Kier molecular flexibility index (Phi) is 2.29. The van der Waals surface area contributed by atoms with Gasteiger partial charge in [0, 0.05) is 18.4 Å². The van der Waals surface area contributed by atoms with Crippen LogP contribution in [0, 0.1) is 0 Å². The lowest BCUT2D eigenvalue weighted by Gasteiger charge is -2.12. The first-order valence-electron chi connectivity index (χ1n) is 5.26. The van der Waals surface area contributed by atoms with Crippen molar-refractivity contribution in [2.24, 2.45) is 0 Å². The van der Waals surface area contributed by atoms with Crippen molar-refractivity contribution in [2.45, 2.75) is 29.6 Å². The van der Waals surface area contributed by atoms with Crippen molar-refractivity contribution in [2.75, 3.05) is 0 Å². The summed E-state index contributed by atoms with van der Waals surface area (Å²) >= 11 is 1.89. The van der Waals surface area contributed by atoms with Gasteiger partial charge in [-0.2, -0.15) is 0 Å². The van der Waals surface area contributed by atoms with Crippen LogP contribution in [0.15, 0.2) is 36.5 Å². The largest absolute Gasteiger partial charge is 0.354 e. The van der Waals surface area contributed by atoms with Crippen LogP contribution >= 0.6 is 11.8 Å². The number of epoxide rings is 1. The second-order valence-corrected chi connectivity index (χ2v) is 5.21. The molecular formula is C12H13NOS. The van der Waals surface area contributed by atoms with Crippen molar-refractivity contribution in [1.82, 2.24) is 4.98 Å². The highest BCUT2D eigenvalue weighted by molar-refractivity contribution is 8.00. The number of thioether (sulfide) groups is 1. The zero-order valence-electron chi connectivity index (χ0n) is 8.43. The van der Waals surface area contributed by atoms with Gasteiger partial charge < -0.3 is 4.74 Å². The summed E-state index contributed by atoms with van der Waals surface area (Å²) in [7, 11) is 0. The zero-order valence-corrected chi connectivity index (χ0v) is 9.24. The second-order valence-electron chi connectivity index (χ2n) is 3.94. The van der Waals surface area contributed by atoms with Gasteiger partial charge in [0.25, 0.3) is 0 Å². The average Bonchev–Trinajstić information content (AvgIpc) is 3.03. The number of ether oxygens (including phenoxy) is 1. The molecule has 0 N–H and O–H groups in total. The van der Waals surface area contributed by atoms with Gasteiger partial charge in [-0.15, -0.1) is 11.8 Å². The van der Waals surface area contributed by atoms with Gasteiger partial charge in [-0.25, -0.2) is 0 Å². The summed E-state index contributed by atoms with van der Waals surface area (Å²) in [6, 6.07) is 6.05. The van der Waals surface area contributed by atoms with Crippen LogP contribution in [-0.2, 0) is 10.5 Å². The average molecular weight is 219 g/mol. The van der Waals surface area contributed by atoms with Gasteiger partial charge in [0.2, 0.25) is 0 Å². The Labute approximate surface area is 93.7 Å². The van der Waals surface area contributed by atoms with Crippen LogP contribution in [0.5, 0.6) is 0 Å². The normalized spacial score (nSPS) is 32.4. The summed E-state index contributed by atoms with van der Waals surface area (Å²) in [6.07, 6.45) is 8.88. The Morgan fingerprint density at radius 1 is 1.47 bits per heavy atom. The molecule has 0 radical (unpaired) electrons. The molecule has 3 heteroatoms. The Bertz CT molecular complexity index is 378. The third-order valence-electron chi connectivity index (χ3n) is 2.88. The van der Waals surface area contributed by atoms with Gasteiger partial charge in [-0.1, -0.05) is 18.2 Å². The number of aromatic nitrogens is 1. The number of nitrogens with zero attached hydrogens (tertiary/aromatic N) is 1. The van der Waals surface area contributed by atoms with E-state index in [-0.39, 0.29) is 4.93 Å². The maximum absolute atomic E-state index is 5.76. The lowest BCUT2D eigenvalue weighted by molar-refractivity contribution is 0.360. The summed E-state index contributed by atoms with van der Waals surface area (Å²) in [5.41, 5.74) is 1.14. The van der Waals surface area contributed by atoms with Gasteiger partial charge >= 0.3 is 0 Å². The molecule has 2 unspecified atom stereocenters. The van der Waals surface area contributed by atoms with E-state index >= 15 is 0 Å². The van der Waals surface area contributed by atoms with Crippen molar-refractivity contribution in [1.29, 1.82) is 0 Å². The first-order valence-corrected chi connectivity index (χ1v) is 6.24. The van der Waals surface area contributed by atoms with Crippen LogP contribution in [0.3, 0.4) is 0 Å². The molecule has 0 amide bonds. The van der Waals surface area contributed by atoms with E-state index in [1.807, 2.05) is 30.1 Å². The summed E-state index contributed by atoms with van der Waals surface area (Å²) in [5.74, 6) is 0.950. The lowest BCUT2D eigenvalue weighted by atomic mass is 10.1. The van der Waals surface area contributed by atoms with Crippen LogP contribution in [0.4, 0.5) is 0 Å². The van der Waals surface area contributed by atoms with Gasteiger partial charge in [0.05, 0.1) is 5.69 Å². The molecule has 2 atom stereocenters. The third-order valence-corrected chi connectivity index (χ3v) is 4.34. The molecule has 0 saturated carbocycles. The minimum absolute atomic E-state index is 0.0896. The Balaban J connectivity index is 1.61. The first kappa shape index (κ1) is 9.43. The van der Waals surface area contributed by atoms with E-state index in [0.717, 1.165) is 24.3 Å². The van der Waals surface area contributed by atoms with Crippen molar-refractivity contribution in [3.8, 4) is 0 Å². The zero-order chi connectivity index (χ0) is 10.1. The van der Waals surface area contributed by atoms with Crippen molar-refractivity contribution in [3.63, 3.8) is 0 Å². The van der Waals surface area contributed by atoms with Crippen LogP contribution in [0.25, 0.3) is 0 Å². The maximum atomic E-state index is 5.76. The van der Waals surface area contributed by atoms with Crippen LogP contribution in [0.2, 0.25) is 0 Å². The molecule has 15 heavy (non-hydrogen) atoms. The molecule has 1 aliphatic carbocycles. The minimum Gasteiger partial charge on any atom is -0.354 e. The van der Waals surface area contributed by atoms with Gasteiger partial charge in [0.15, 0.2) is 0 Å². The molecule has 1 fully saturated rings. The van der Waals surface area contributed by atoms with Gasteiger partial charge in [-0.05, 0) is 18.6 Å². The molecule has 3 rings (SSSR count). The van der Waals surface area contributed by atoms with Crippen molar-refractivity contribution < 1.29 is 4.74 Å². The van der Waals surface area contributed by atoms with Crippen LogP contribution in [0.1, 0.15) is 18.5 Å². The molecule has 1 aliphatic heterocycles. The van der Waals surface area contributed by atoms with E-state index in [1.165, 1.54) is 0 Å². The first-order chi connectivity index (χ1) is 7.39. The van der Waals surface area contributed by atoms with Crippen molar-refractivity contribution in [3.05, 3.63) is 42.2 Å². The summed E-state index contributed by atoms with van der Waals surface area (Å²) < 4.78 is 5.76. The highest BCUT2D eigenvalue weighted by Gasteiger charge is 2.56. The van der Waals surface area contributed by atoms with Crippen LogP contribution in [-0.4, -0.2) is 16.0 Å². The molecule has 78 valence electrons. The predicted molar refractivity (Wildman–Crippen MR) is 61.5 cm³/mol. The maximum Gasteiger partial charge on any atom is 0.144 e. The number of pyridine rings is 1. The Hall–Kier alpha value is -0.800. The third kappa shape index (κ3) is 1.82. The predicted octanol–water partition coefficient (Wildman–Crippen LogP) is 2.76. The quantitative estimate of drug-likeness (QED) is 0.577. The molecule has 0 aromatic carbocycles. The SMILES string of the molecule is C1=CCC2(SCc3ccccn3)OC2C1. The number of rotatable bonds is 3. The van der Waals surface area contributed by atoms with E-state index < -0.39 is 0 Å². The van der Waals surface area contributed by atoms with Gasteiger partial charge in [-0.3, -0.25) is 4.98 Å². The molecule has 2 heterocycles. The van der Waals surface area contributed by atoms with Crippen molar-refractivity contribution >= 4 is 11.8 Å². The Morgan fingerprint density at radius 3 is 3.27 bits per heavy atom. The topological polar surface area (TPSA) is 25.4 Å². The molecule has 1 saturated heterocycles. The molecule has 2 aliphatic rings. The fourth-order valence-electron chi connectivity index (χ4n) is 1.95. The molecule has 0 spiro atoms. The smallest absolute Gasteiger partial charge is 0.144 e. The monoisotopic (exact) mass is 219 g/mol. The number of fused-ring (bicyclic) bond motifs is 1. The summed E-state index contributed by atoms with van der Waals surface area (Å²) in [4.78, 5) is 4.41. The van der Waals surface area contributed by atoms with E-state index in [1.54, 1.807) is 0 Å². The fraction of sp³-hybridized carbons (Fsp3) is 0.417. The van der Waals surface area contributed by atoms with E-state index in [9.17, 15) is 0 Å². The standard InChI is InChI=1S/C12H13NOS/c1-3-7-12(11(6-1)14-12)15-9-10-5-2-4-8-13-10/h1-5,8,11H,6-7,9H2. The molecule has 1 aromatic heterocycles. The number of hydrogen-bond acceptors (Lipinski definition) is 3.